The minimum atomic E-state index is -3.90. The number of carboxylic acids is 1. The van der Waals surface area contributed by atoms with Gasteiger partial charge in [0.05, 0.1) is 17.4 Å². The van der Waals surface area contributed by atoms with Gasteiger partial charge in [-0.1, -0.05) is 35.3 Å². The monoisotopic (exact) mass is 373 g/mol. The Balaban J connectivity index is 2.33. The number of halogens is 2. The first-order valence-corrected chi connectivity index (χ1v) is 8.77. The molecule has 0 aliphatic carbocycles. The Morgan fingerprint density at radius 2 is 1.74 bits per heavy atom. The van der Waals surface area contributed by atoms with Crippen molar-refractivity contribution in [2.75, 3.05) is 0 Å². The average molecular weight is 374 g/mol. The molecule has 0 heterocycles. The van der Waals surface area contributed by atoms with Crippen molar-refractivity contribution < 1.29 is 18.3 Å². The van der Waals surface area contributed by atoms with Crippen LogP contribution in [0.5, 0.6) is 0 Å². The van der Waals surface area contributed by atoms with E-state index in [1.165, 1.54) is 30.3 Å². The summed E-state index contributed by atoms with van der Waals surface area (Å²) in [6.07, 6.45) is -0.410. The fraction of sp³-hybridized carbons (Fsp3) is 0.133. The number of carboxylic acid groups (broad SMARTS) is 1. The molecule has 0 saturated carbocycles. The molecule has 0 saturated heterocycles. The van der Waals surface area contributed by atoms with E-state index in [-0.39, 0.29) is 4.90 Å². The highest BCUT2D eigenvalue weighted by Gasteiger charge is 2.23. The molecule has 0 amide bonds. The maximum absolute atomic E-state index is 12.4. The summed E-state index contributed by atoms with van der Waals surface area (Å²) in [5.41, 5.74) is 0.470. The zero-order chi connectivity index (χ0) is 17.0. The Labute approximate surface area is 143 Å². The van der Waals surface area contributed by atoms with E-state index in [0.717, 1.165) is 0 Å². The van der Waals surface area contributed by atoms with Gasteiger partial charge in [0.15, 0.2) is 0 Å². The molecule has 0 spiro atoms. The molecule has 0 radical (unpaired) electrons. The number of rotatable bonds is 6. The zero-order valence-corrected chi connectivity index (χ0v) is 14.1. The van der Waals surface area contributed by atoms with Gasteiger partial charge in [0, 0.05) is 10.0 Å². The Kier molecular flexibility index (Phi) is 5.64. The van der Waals surface area contributed by atoms with Gasteiger partial charge >= 0.3 is 5.97 Å². The van der Waals surface area contributed by atoms with E-state index in [1.54, 1.807) is 18.2 Å². The lowest BCUT2D eigenvalue weighted by molar-refractivity contribution is -0.137. The van der Waals surface area contributed by atoms with Crippen LogP contribution in [-0.2, 0) is 14.8 Å². The number of carbonyl (C=O) groups is 1. The normalized spacial score (nSPS) is 12.8. The average Bonchev–Trinajstić information content (AvgIpc) is 2.46. The Hall–Kier alpha value is -1.60. The first-order chi connectivity index (χ1) is 10.8. The second-order valence-corrected chi connectivity index (χ2v) is 7.37. The highest BCUT2D eigenvalue weighted by atomic mass is 35.5. The number of sulfonamides is 1. The predicted molar refractivity (Wildman–Crippen MR) is 88.2 cm³/mol. The molecule has 0 bridgehead atoms. The quantitative estimate of drug-likeness (QED) is 0.811. The van der Waals surface area contributed by atoms with E-state index in [2.05, 4.69) is 4.72 Å². The highest BCUT2D eigenvalue weighted by molar-refractivity contribution is 7.89. The van der Waals surface area contributed by atoms with Gasteiger partial charge in [-0.05, 0) is 42.0 Å². The van der Waals surface area contributed by atoms with E-state index >= 15 is 0 Å². The van der Waals surface area contributed by atoms with Crippen molar-refractivity contribution >= 4 is 39.2 Å². The van der Waals surface area contributed by atoms with Crippen LogP contribution in [0, 0.1) is 0 Å². The van der Waals surface area contributed by atoms with Crippen LogP contribution in [-0.4, -0.2) is 19.5 Å². The van der Waals surface area contributed by atoms with Crippen molar-refractivity contribution in [3.05, 3.63) is 64.1 Å². The molecule has 0 fully saturated rings. The van der Waals surface area contributed by atoms with E-state index in [9.17, 15) is 13.2 Å². The third kappa shape index (κ3) is 4.94. The summed E-state index contributed by atoms with van der Waals surface area (Å²) < 4.78 is 27.2. The van der Waals surface area contributed by atoms with Crippen LogP contribution in [0.2, 0.25) is 10.0 Å². The second-order valence-electron chi connectivity index (χ2n) is 4.78. The first-order valence-electron chi connectivity index (χ1n) is 6.53. The summed E-state index contributed by atoms with van der Waals surface area (Å²) in [7, 11) is -3.90. The van der Waals surface area contributed by atoms with E-state index in [4.69, 9.17) is 28.3 Å². The molecular formula is C15H13Cl2NO4S. The lowest BCUT2D eigenvalue weighted by Gasteiger charge is -2.18. The van der Waals surface area contributed by atoms with Crippen molar-refractivity contribution in [1.82, 2.24) is 4.72 Å². The van der Waals surface area contributed by atoms with Gasteiger partial charge in [0.25, 0.3) is 0 Å². The highest BCUT2D eigenvalue weighted by Crippen LogP contribution is 2.23. The van der Waals surface area contributed by atoms with Crippen molar-refractivity contribution in [2.24, 2.45) is 0 Å². The van der Waals surface area contributed by atoms with Crippen LogP contribution in [0.3, 0.4) is 0 Å². The van der Waals surface area contributed by atoms with Crippen LogP contribution in [0.15, 0.2) is 53.4 Å². The number of nitrogens with one attached hydrogen (secondary N) is 1. The largest absolute Gasteiger partial charge is 0.481 e. The molecule has 0 aromatic heterocycles. The van der Waals surface area contributed by atoms with Crippen LogP contribution in [0.1, 0.15) is 18.0 Å². The summed E-state index contributed by atoms with van der Waals surface area (Å²) >= 11 is 11.6. The van der Waals surface area contributed by atoms with E-state index in [0.29, 0.717) is 15.6 Å². The number of benzene rings is 2. The molecular weight excluding hydrogens is 361 g/mol. The molecule has 2 aromatic rings. The maximum Gasteiger partial charge on any atom is 0.305 e. The van der Waals surface area contributed by atoms with E-state index in [1.807, 2.05) is 0 Å². The fourth-order valence-electron chi connectivity index (χ4n) is 1.99. The van der Waals surface area contributed by atoms with Gasteiger partial charge in [-0.25, -0.2) is 13.1 Å². The molecule has 0 aliphatic rings. The summed E-state index contributed by atoms with van der Waals surface area (Å²) in [6.45, 7) is 0. The maximum atomic E-state index is 12.4. The van der Waals surface area contributed by atoms with Crippen molar-refractivity contribution in [1.29, 1.82) is 0 Å². The Bertz CT molecular complexity index is 806. The van der Waals surface area contributed by atoms with Crippen LogP contribution >= 0.6 is 23.2 Å². The molecule has 1 unspecified atom stereocenters. The molecule has 2 aromatic carbocycles. The minimum Gasteiger partial charge on any atom is -0.481 e. The van der Waals surface area contributed by atoms with Crippen LogP contribution in [0.4, 0.5) is 0 Å². The molecule has 2 N–H and O–H groups in total. The Morgan fingerprint density at radius 3 is 2.30 bits per heavy atom. The van der Waals surface area contributed by atoms with Crippen molar-refractivity contribution in [3.63, 3.8) is 0 Å². The summed E-state index contributed by atoms with van der Waals surface area (Å²) in [5.74, 6) is -1.13. The van der Waals surface area contributed by atoms with Crippen LogP contribution < -0.4 is 4.72 Å². The van der Waals surface area contributed by atoms with Gasteiger partial charge < -0.3 is 5.11 Å². The van der Waals surface area contributed by atoms with E-state index < -0.39 is 28.5 Å². The Morgan fingerprint density at radius 1 is 1.09 bits per heavy atom. The molecule has 122 valence electrons. The number of aliphatic carboxylic acids is 1. The second kappa shape index (κ2) is 7.31. The zero-order valence-electron chi connectivity index (χ0n) is 11.7. The van der Waals surface area contributed by atoms with Crippen LogP contribution in [0.25, 0.3) is 0 Å². The summed E-state index contributed by atoms with van der Waals surface area (Å²) in [6, 6.07) is 11.0. The standard InChI is InChI=1S/C15H13Cl2NO4S/c16-11-4-6-13(7-5-11)23(21,22)18-14(9-15(19)20)10-2-1-3-12(17)8-10/h1-8,14,18H,9H2,(H,19,20). The molecule has 23 heavy (non-hydrogen) atoms. The minimum absolute atomic E-state index is 0.000633. The van der Waals surface area contributed by atoms with Gasteiger partial charge in [-0.3, -0.25) is 4.79 Å². The molecule has 8 heteroatoms. The predicted octanol–water partition coefficient (Wildman–Crippen LogP) is 3.49. The lowest BCUT2D eigenvalue weighted by Crippen LogP contribution is -2.30. The van der Waals surface area contributed by atoms with Crippen molar-refractivity contribution in [2.45, 2.75) is 17.4 Å². The van der Waals surface area contributed by atoms with Gasteiger partial charge in [0.2, 0.25) is 10.0 Å². The molecule has 0 aliphatic heterocycles. The first kappa shape index (κ1) is 17.7. The van der Waals surface area contributed by atoms with Gasteiger partial charge in [0.1, 0.15) is 0 Å². The molecule has 5 nitrogen and oxygen atoms in total. The van der Waals surface area contributed by atoms with Gasteiger partial charge in [-0.2, -0.15) is 0 Å². The van der Waals surface area contributed by atoms with Crippen molar-refractivity contribution in [3.8, 4) is 0 Å². The third-order valence-corrected chi connectivity index (χ3v) is 5.03. The lowest BCUT2D eigenvalue weighted by atomic mass is 10.1. The fourth-order valence-corrected chi connectivity index (χ4v) is 3.54. The molecule has 2 rings (SSSR count). The van der Waals surface area contributed by atoms with Gasteiger partial charge in [-0.15, -0.1) is 0 Å². The summed E-state index contributed by atoms with van der Waals surface area (Å²) in [5, 5.41) is 9.83. The number of hydrogen-bond donors (Lipinski definition) is 2. The summed E-state index contributed by atoms with van der Waals surface area (Å²) in [4.78, 5) is 11.0. The number of hydrogen-bond acceptors (Lipinski definition) is 3. The SMILES string of the molecule is O=C(O)CC(NS(=O)(=O)c1ccc(Cl)cc1)c1cccc(Cl)c1. The smallest absolute Gasteiger partial charge is 0.305 e. The third-order valence-electron chi connectivity index (χ3n) is 3.05. The topological polar surface area (TPSA) is 83.5 Å². The molecule has 1 atom stereocenters.